The molecule has 1 aliphatic heterocycles. The van der Waals surface area contributed by atoms with Gasteiger partial charge in [0.2, 0.25) is 5.91 Å². The first kappa shape index (κ1) is 24.2. The molecule has 2 unspecified atom stereocenters. The Hall–Kier alpha value is -0.880. The molecule has 1 aromatic rings. The van der Waals surface area contributed by atoms with Crippen molar-refractivity contribution in [1.82, 2.24) is 14.8 Å². The van der Waals surface area contributed by atoms with Crippen molar-refractivity contribution in [2.24, 2.45) is 11.7 Å². The largest absolute Gasteiger partial charge is 0.342 e. The Morgan fingerprint density at radius 1 is 1.22 bits per heavy atom. The minimum absolute atomic E-state index is 0. The van der Waals surface area contributed by atoms with Crippen LogP contribution in [-0.4, -0.2) is 59.5 Å². The first-order chi connectivity index (χ1) is 12.1. The van der Waals surface area contributed by atoms with Crippen molar-refractivity contribution in [2.75, 3.05) is 26.7 Å². The molecule has 0 spiro atoms. The molecule has 0 radical (unpaired) electrons. The van der Waals surface area contributed by atoms with E-state index in [0.717, 1.165) is 70.3 Å². The van der Waals surface area contributed by atoms with Gasteiger partial charge in [-0.15, -0.1) is 24.8 Å². The van der Waals surface area contributed by atoms with Crippen molar-refractivity contribution in [2.45, 2.75) is 57.0 Å². The third-order valence-electron chi connectivity index (χ3n) is 5.93. The molecule has 2 heterocycles. The maximum Gasteiger partial charge on any atom is 0.225 e. The highest BCUT2D eigenvalue weighted by Gasteiger charge is 2.31. The number of rotatable bonds is 5. The second-order valence-corrected chi connectivity index (χ2v) is 7.72. The van der Waals surface area contributed by atoms with Gasteiger partial charge < -0.3 is 15.5 Å². The van der Waals surface area contributed by atoms with Crippen LogP contribution >= 0.6 is 24.8 Å². The number of aromatic nitrogens is 1. The highest BCUT2D eigenvalue weighted by molar-refractivity contribution is 5.85. The van der Waals surface area contributed by atoms with Gasteiger partial charge >= 0.3 is 0 Å². The van der Waals surface area contributed by atoms with Crippen LogP contribution in [0.3, 0.4) is 0 Å². The third-order valence-corrected chi connectivity index (χ3v) is 5.93. The average Bonchev–Trinajstić information content (AvgIpc) is 2.66. The van der Waals surface area contributed by atoms with Gasteiger partial charge in [0.25, 0.3) is 0 Å². The lowest BCUT2D eigenvalue weighted by Crippen LogP contribution is -2.48. The van der Waals surface area contributed by atoms with Crippen LogP contribution < -0.4 is 5.73 Å². The Labute approximate surface area is 175 Å². The Bertz CT molecular complexity index is 552. The summed E-state index contributed by atoms with van der Waals surface area (Å²) < 4.78 is 0. The predicted octanol–water partition coefficient (Wildman–Crippen LogP) is 2.91. The molecule has 2 fully saturated rings. The predicted molar refractivity (Wildman–Crippen MR) is 115 cm³/mol. The summed E-state index contributed by atoms with van der Waals surface area (Å²) in [7, 11) is 2.00. The average molecular weight is 417 g/mol. The molecule has 1 aliphatic carbocycles. The number of hydrogen-bond donors (Lipinski definition) is 1. The quantitative estimate of drug-likeness (QED) is 0.800. The number of amides is 1. The second-order valence-electron chi connectivity index (χ2n) is 7.72. The monoisotopic (exact) mass is 416 g/mol. The molecule has 3 rings (SSSR count). The van der Waals surface area contributed by atoms with Gasteiger partial charge in [0.05, 0.1) is 0 Å². The normalized spacial score (nSPS) is 23.8. The lowest BCUT2D eigenvalue weighted by molar-refractivity contribution is -0.138. The molecule has 1 saturated carbocycles. The zero-order valence-corrected chi connectivity index (χ0v) is 17.9. The SMILES string of the molecule is CN(C(=O)C1CCCC(N)C1)C1CCN(CCc2ccccn2)CC1.Cl.Cl. The van der Waals surface area contributed by atoms with Crippen LogP contribution in [0.4, 0.5) is 0 Å². The number of nitrogens with two attached hydrogens (primary N) is 1. The van der Waals surface area contributed by atoms with Crippen LogP contribution in [0, 0.1) is 5.92 Å². The van der Waals surface area contributed by atoms with Gasteiger partial charge in [0.15, 0.2) is 0 Å². The number of pyridine rings is 1. The van der Waals surface area contributed by atoms with Crippen LogP contribution in [0.15, 0.2) is 24.4 Å². The van der Waals surface area contributed by atoms with E-state index in [9.17, 15) is 4.79 Å². The molecule has 1 amide bonds. The zero-order chi connectivity index (χ0) is 17.6. The molecule has 154 valence electrons. The Kier molecular flexibility index (Phi) is 10.6. The van der Waals surface area contributed by atoms with E-state index in [-0.39, 0.29) is 36.8 Å². The van der Waals surface area contributed by atoms with E-state index in [2.05, 4.69) is 16.0 Å². The van der Waals surface area contributed by atoms with E-state index < -0.39 is 0 Å². The number of carbonyl (C=O) groups is 1. The van der Waals surface area contributed by atoms with Crippen LogP contribution in [0.2, 0.25) is 0 Å². The Morgan fingerprint density at radius 3 is 2.59 bits per heavy atom. The molecule has 0 bridgehead atoms. The van der Waals surface area contributed by atoms with Gasteiger partial charge in [-0.2, -0.15) is 0 Å². The summed E-state index contributed by atoms with van der Waals surface area (Å²) in [5, 5.41) is 0. The van der Waals surface area contributed by atoms with E-state index >= 15 is 0 Å². The molecule has 2 atom stereocenters. The molecule has 5 nitrogen and oxygen atoms in total. The van der Waals surface area contributed by atoms with Gasteiger partial charge in [-0.3, -0.25) is 9.78 Å². The lowest BCUT2D eigenvalue weighted by atomic mass is 9.85. The van der Waals surface area contributed by atoms with Gasteiger partial charge in [-0.05, 0) is 44.2 Å². The summed E-state index contributed by atoms with van der Waals surface area (Å²) in [4.78, 5) is 21.7. The molecule has 27 heavy (non-hydrogen) atoms. The number of halogens is 2. The summed E-state index contributed by atoms with van der Waals surface area (Å²) in [6, 6.07) is 6.70. The third kappa shape index (κ3) is 6.90. The first-order valence-corrected chi connectivity index (χ1v) is 9.78. The summed E-state index contributed by atoms with van der Waals surface area (Å²) in [5.74, 6) is 0.470. The summed E-state index contributed by atoms with van der Waals surface area (Å²) >= 11 is 0. The van der Waals surface area contributed by atoms with Crippen molar-refractivity contribution >= 4 is 30.7 Å². The molecule has 0 aromatic carbocycles. The summed E-state index contributed by atoms with van der Waals surface area (Å²) in [6.07, 6.45) is 9.05. The Balaban J connectivity index is 0.00000182. The number of carbonyl (C=O) groups excluding carboxylic acids is 1. The lowest BCUT2D eigenvalue weighted by Gasteiger charge is -2.39. The topological polar surface area (TPSA) is 62.5 Å². The molecule has 2 N–H and O–H groups in total. The Morgan fingerprint density at radius 2 is 1.96 bits per heavy atom. The fourth-order valence-electron chi connectivity index (χ4n) is 4.27. The molecule has 7 heteroatoms. The molecular formula is C20H34Cl2N4O. The van der Waals surface area contributed by atoms with Crippen LogP contribution in [0.5, 0.6) is 0 Å². The highest BCUT2D eigenvalue weighted by Crippen LogP contribution is 2.26. The molecule has 1 saturated heterocycles. The number of nitrogens with zero attached hydrogens (tertiary/aromatic N) is 3. The molecule has 1 aromatic heterocycles. The van der Waals surface area contributed by atoms with Gasteiger partial charge in [0, 0.05) is 63.0 Å². The van der Waals surface area contributed by atoms with Crippen molar-refractivity contribution < 1.29 is 4.79 Å². The van der Waals surface area contributed by atoms with Crippen molar-refractivity contribution in [1.29, 1.82) is 0 Å². The van der Waals surface area contributed by atoms with Crippen LogP contribution in [0.1, 0.15) is 44.2 Å². The molecule has 2 aliphatic rings. The van der Waals surface area contributed by atoms with E-state index in [1.807, 2.05) is 30.3 Å². The van der Waals surface area contributed by atoms with E-state index in [4.69, 9.17) is 5.73 Å². The first-order valence-electron chi connectivity index (χ1n) is 9.78. The smallest absolute Gasteiger partial charge is 0.225 e. The molecular weight excluding hydrogens is 383 g/mol. The minimum Gasteiger partial charge on any atom is -0.342 e. The van der Waals surface area contributed by atoms with E-state index in [1.54, 1.807) is 0 Å². The number of hydrogen-bond acceptors (Lipinski definition) is 4. The van der Waals surface area contributed by atoms with Gasteiger partial charge in [-0.1, -0.05) is 12.5 Å². The van der Waals surface area contributed by atoms with Gasteiger partial charge in [-0.25, -0.2) is 0 Å². The van der Waals surface area contributed by atoms with Crippen LogP contribution in [0.25, 0.3) is 0 Å². The fraction of sp³-hybridized carbons (Fsp3) is 0.700. The second kappa shape index (κ2) is 11.8. The summed E-state index contributed by atoms with van der Waals surface area (Å²) in [6.45, 7) is 3.19. The van der Waals surface area contributed by atoms with Crippen molar-refractivity contribution in [3.63, 3.8) is 0 Å². The van der Waals surface area contributed by atoms with Crippen molar-refractivity contribution in [3.05, 3.63) is 30.1 Å². The van der Waals surface area contributed by atoms with Crippen molar-refractivity contribution in [3.8, 4) is 0 Å². The fourth-order valence-corrected chi connectivity index (χ4v) is 4.27. The van der Waals surface area contributed by atoms with Crippen LogP contribution in [-0.2, 0) is 11.2 Å². The highest BCUT2D eigenvalue weighted by atomic mass is 35.5. The maximum atomic E-state index is 12.8. The van der Waals surface area contributed by atoms with E-state index in [0.29, 0.717) is 11.9 Å². The maximum absolute atomic E-state index is 12.8. The van der Waals surface area contributed by atoms with E-state index in [1.165, 1.54) is 0 Å². The number of piperidine rings is 1. The number of likely N-dealkylation sites (tertiary alicyclic amines) is 1. The summed E-state index contributed by atoms with van der Waals surface area (Å²) in [5.41, 5.74) is 7.22. The zero-order valence-electron chi connectivity index (χ0n) is 16.3. The van der Waals surface area contributed by atoms with Gasteiger partial charge in [0.1, 0.15) is 0 Å². The standard InChI is InChI=1S/C20H32N4O.2ClH/c1-23(20(25)16-5-4-6-17(21)15-16)19-9-13-24(14-10-19)12-8-18-7-2-3-11-22-18;;/h2-3,7,11,16-17,19H,4-6,8-10,12-15,21H2,1H3;2*1H. The minimum atomic E-state index is 0.